The maximum atomic E-state index is 13.7. The van der Waals surface area contributed by atoms with Crippen molar-refractivity contribution >= 4 is 17.4 Å². The van der Waals surface area contributed by atoms with Gasteiger partial charge in [0.2, 0.25) is 0 Å². The van der Waals surface area contributed by atoms with Crippen molar-refractivity contribution in [1.82, 2.24) is 14.9 Å². The maximum Gasteiger partial charge on any atom is 0.294 e. The molecule has 2 aromatic heterocycles. The van der Waals surface area contributed by atoms with Crippen molar-refractivity contribution in [3.8, 4) is 17.0 Å². The number of aliphatic hydroxyl groups is 1. The number of methoxy groups -OCH3 is 1. The van der Waals surface area contributed by atoms with E-state index in [-0.39, 0.29) is 5.57 Å². The van der Waals surface area contributed by atoms with Crippen LogP contribution in [-0.4, -0.2) is 38.8 Å². The quantitative estimate of drug-likeness (QED) is 0.421. The number of aliphatic hydroxyl groups excluding tert-OH is 1. The lowest BCUT2D eigenvalue weighted by molar-refractivity contribution is -0.117. The van der Waals surface area contributed by atoms with Crippen LogP contribution >= 0.6 is 0 Å². The monoisotopic (exact) mass is 470 g/mol. The summed E-state index contributed by atoms with van der Waals surface area (Å²) < 4.78 is 12.0. The molecule has 0 saturated heterocycles. The van der Waals surface area contributed by atoms with Crippen LogP contribution in [0, 0.1) is 6.92 Å². The smallest absolute Gasteiger partial charge is 0.294 e. The number of hydrogen-bond acceptors (Lipinski definition) is 7. The number of hydrogen-bond donors (Lipinski definition) is 1. The van der Waals surface area contributed by atoms with Gasteiger partial charge in [-0.2, -0.15) is 5.10 Å². The third-order valence-corrected chi connectivity index (χ3v) is 6.25. The first-order valence-corrected chi connectivity index (χ1v) is 10.9. The predicted molar refractivity (Wildman–Crippen MR) is 127 cm³/mol. The Kier molecular flexibility index (Phi) is 5.44. The number of ether oxygens (including phenoxy) is 1. The Morgan fingerprint density at radius 1 is 1.11 bits per heavy atom. The van der Waals surface area contributed by atoms with E-state index >= 15 is 0 Å². The molecule has 5 rings (SSSR count). The largest absolute Gasteiger partial charge is 0.503 e. The van der Waals surface area contributed by atoms with Crippen molar-refractivity contribution in [2.24, 2.45) is 7.05 Å². The number of para-hydroxylation sites is 1. The summed E-state index contributed by atoms with van der Waals surface area (Å²) in [5.41, 5.74) is 3.41. The van der Waals surface area contributed by atoms with Gasteiger partial charge in [0.05, 0.1) is 30.5 Å². The van der Waals surface area contributed by atoms with Crippen LogP contribution in [0.1, 0.15) is 27.7 Å². The molecule has 1 amide bonds. The molecule has 9 heteroatoms. The molecule has 0 bridgehead atoms. The van der Waals surface area contributed by atoms with Crippen LogP contribution in [0.2, 0.25) is 0 Å². The summed E-state index contributed by atoms with van der Waals surface area (Å²) >= 11 is 0. The number of carbonyl (C=O) groups is 2. The average molecular weight is 470 g/mol. The number of aryl methyl sites for hydroxylation is 1. The fourth-order valence-corrected chi connectivity index (χ4v) is 4.31. The van der Waals surface area contributed by atoms with E-state index in [2.05, 4.69) is 10.3 Å². The van der Waals surface area contributed by atoms with Gasteiger partial charge < -0.3 is 14.4 Å². The highest BCUT2D eigenvalue weighted by Gasteiger charge is 2.46. The topological polar surface area (TPSA) is 111 Å². The SMILES string of the molecule is COc1ccccc1C1C(C(=O)c2cnn(C)c2C)=C(O)C(=O)N1c1ccc(-c2ccon2)cc1. The number of benzene rings is 2. The lowest BCUT2D eigenvalue weighted by Crippen LogP contribution is -2.31. The highest BCUT2D eigenvalue weighted by Crippen LogP contribution is 2.45. The fourth-order valence-electron chi connectivity index (χ4n) is 4.31. The predicted octanol–water partition coefficient (Wildman–Crippen LogP) is 4.18. The number of ketones is 1. The van der Waals surface area contributed by atoms with E-state index in [0.29, 0.717) is 34.0 Å². The van der Waals surface area contributed by atoms with Crippen molar-refractivity contribution < 1.29 is 24.0 Å². The van der Waals surface area contributed by atoms with Gasteiger partial charge in [-0.3, -0.25) is 19.2 Å². The van der Waals surface area contributed by atoms with Crippen LogP contribution in [-0.2, 0) is 11.8 Å². The summed E-state index contributed by atoms with van der Waals surface area (Å²) in [6, 6.07) is 15.0. The minimum atomic E-state index is -0.913. The van der Waals surface area contributed by atoms with E-state index in [0.717, 1.165) is 5.56 Å². The zero-order valence-electron chi connectivity index (χ0n) is 19.3. The van der Waals surface area contributed by atoms with Gasteiger partial charge in [0, 0.05) is 35.6 Å². The summed E-state index contributed by atoms with van der Waals surface area (Å²) in [7, 11) is 3.24. The molecule has 1 aliphatic rings. The Labute approximate surface area is 200 Å². The van der Waals surface area contributed by atoms with E-state index in [1.54, 1.807) is 73.3 Å². The molecule has 3 heterocycles. The van der Waals surface area contributed by atoms with Gasteiger partial charge in [0.1, 0.15) is 17.7 Å². The Hall–Kier alpha value is -4.66. The number of amides is 1. The minimum Gasteiger partial charge on any atom is -0.503 e. The van der Waals surface area contributed by atoms with E-state index in [1.807, 2.05) is 0 Å². The normalized spacial score (nSPS) is 15.7. The van der Waals surface area contributed by atoms with Crippen LogP contribution in [0.4, 0.5) is 5.69 Å². The highest BCUT2D eigenvalue weighted by atomic mass is 16.5. The molecular formula is C26H22N4O5. The molecule has 35 heavy (non-hydrogen) atoms. The van der Waals surface area contributed by atoms with Crippen molar-refractivity contribution in [3.63, 3.8) is 0 Å². The fraction of sp³-hybridized carbons (Fsp3) is 0.154. The summed E-state index contributed by atoms with van der Waals surface area (Å²) in [6.45, 7) is 1.76. The Bertz CT molecular complexity index is 1450. The zero-order valence-corrected chi connectivity index (χ0v) is 19.3. The molecule has 0 radical (unpaired) electrons. The molecule has 0 saturated carbocycles. The molecule has 1 aliphatic heterocycles. The first-order chi connectivity index (χ1) is 16.9. The molecule has 0 fully saturated rings. The molecular weight excluding hydrogens is 448 g/mol. The number of anilines is 1. The standard InChI is InChI=1S/C26H22N4O5/c1-15-19(14-27-29(15)2)24(31)22-23(18-6-4-5-7-21(18)34-3)30(26(33)25(22)32)17-10-8-16(9-11-17)20-12-13-35-28-20/h4-14,23,32H,1-3H3. The average Bonchev–Trinajstić information content (AvgIpc) is 3.59. The lowest BCUT2D eigenvalue weighted by Gasteiger charge is -2.28. The number of carbonyl (C=O) groups excluding carboxylic acids is 2. The molecule has 0 spiro atoms. The number of nitrogens with zero attached hydrogens (tertiary/aromatic N) is 4. The van der Waals surface area contributed by atoms with Crippen LogP contribution in [0.15, 0.2) is 82.9 Å². The van der Waals surface area contributed by atoms with E-state index < -0.39 is 23.5 Å². The summed E-state index contributed by atoms with van der Waals surface area (Å²) in [4.78, 5) is 28.5. The van der Waals surface area contributed by atoms with Crippen LogP contribution < -0.4 is 9.64 Å². The Balaban J connectivity index is 1.65. The Morgan fingerprint density at radius 3 is 2.49 bits per heavy atom. The number of Topliss-reactive ketones (excluding diaryl/α,β-unsaturated/α-hetero) is 1. The minimum absolute atomic E-state index is 0.0313. The van der Waals surface area contributed by atoms with E-state index in [4.69, 9.17) is 9.26 Å². The third kappa shape index (κ3) is 3.57. The van der Waals surface area contributed by atoms with Gasteiger partial charge in [-0.1, -0.05) is 35.5 Å². The van der Waals surface area contributed by atoms with Gasteiger partial charge in [-0.15, -0.1) is 0 Å². The van der Waals surface area contributed by atoms with Gasteiger partial charge in [-0.25, -0.2) is 0 Å². The summed E-state index contributed by atoms with van der Waals surface area (Å²) in [5.74, 6) is -1.27. The molecule has 176 valence electrons. The second-order valence-electron chi connectivity index (χ2n) is 8.11. The van der Waals surface area contributed by atoms with Gasteiger partial charge >= 0.3 is 0 Å². The van der Waals surface area contributed by atoms with E-state index in [1.165, 1.54) is 24.5 Å². The third-order valence-electron chi connectivity index (χ3n) is 6.25. The molecule has 0 aliphatic carbocycles. The van der Waals surface area contributed by atoms with Crippen LogP contribution in [0.25, 0.3) is 11.3 Å². The van der Waals surface area contributed by atoms with Gasteiger partial charge in [0.15, 0.2) is 11.5 Å². The second kappa shape index (κ2) is 8.60. The molecule has 1 atom stereocenters. The second-order valence-corrected chi connectivity index (χ2v) is 8.11. The van der Waals surface area contributed by atoms with Gasteiger partial charge in [0.25, 0.3) is 5.91 Å². The van der Waals surface area contributed by atoms with Crippen LogP contribution in [0.5, 0.6) is 5.75 Å². The number of rotatable bonds is 6. The lowest BCUT2D eigenvalue weighted by atomic mass is 9.92. The molecule has 9 nitrogen and oxygen atoms in total. The first-order valence-electron chi connectivity index (χ1n) is 10.9. The van der Waals surface area contributed by atoms with Crippen molar-refractivity contribution in [2.75, 3.05) is 12.0 Å². The summed E-state index contributed by atoms with van der Waals surface area (Å²) in [5, 5.41) is 19.1. The number of aromatic nitrogens is 3. The molecule has 1 unspecified atom stereocenters. The molecule has 4 aromatic rings. The zero-order chi connectivity index (χ0) is 24.7. The van der Waals surface area contributed by atoms with Crippen molar-refractivity contribution in [3.05, 3.63) is 95.2 Å². The van der Waals surface area contributed by atoms with Crippen molar-refractivity contribution in [2.45, 2.75) is 13.0 Å². The summed E-state index contributed by atoms with van der Waals surface area (Å²) in [6.07, 6.45) is 2.92. The first kappa shape index (κ1) is 22.1. The molecule has 2 aromatic carbocycles. The molecule has 1 N–H and O–H groups in total. The highest BCUT2D eigenvalue weighted by molar-refractivity contribution is 6.21. The van der Waals surface area contributed by atoms with Gasteiger partial charge in [-0.05, 0) is 25.1 Å². The Morgan fingerprint density at radius 2 is 1.86 bits per heavy atom. The maximum absolute atomic E-state index is 13.7. The van der Waals surface area contributed by atoms with E-state index in [9.17, 15) is 14.7 Å². The van der Waals surface area contributed by atoms with Crippen molar-refractivity contribution in [1.29, 1.82) is 0 Å². The van der Waals surface area contributed by atoms with Crippen LogP contribution in [0.3, 0.4) is 0 Å².